The number of nitrogens with one attached hydrogen (secondary N) is 2. The Balaban J connectivity index is 1.66. The lowest BCUT2D eigenvalue weighted by molar-refractivity contribution is -0.120. The Bertz CT molecular complexity index is 496. The number of carbonyl (C=O) groups excluding carboxylic acids is 1. The van der Waals surface area contributed by atoms with Gasteiger partial charge in [0.2, 0.25) is 5.91 Å². The molecule has 2 aliphatic rings. The molecule has 0 spiro atoms. The minimum atomic E-state index is 0.162. The molecule has 108 valence electrons. The molecule has 0 radical (unpaired) electrons. The van der Waals surface area contributed by atoms with Gasteiger partial charge in [0.15, 0.2) is 0 Å². The summed E-state index contributed by atoms with van der Waals surface area (Å²) in [5.41, 5.74) is 3.94. The molecule has 1 aromatic rings. The van der Waals surface area contributed by atoms with Crippen LogP contribution in [0.5, 0.6) is 0 Å². The summed E-state index contributed by atoms with van der Waals surface area (Å²) >= 11 is 0. The summed E-state index contributed by atoms with van der Waals surface area (Å²) in [6, 6.07) is 7.41. The monoisotopic (exact) mass is 273 g/mol. The number of aryl methyl sites for hydroxylation is 1. The number of anilines is 1. The zero-order valence-corrected chi connectivity index (χ0v) is 12.1. The van der Waals surface area contributed by atoms with Crippen LogP contribution in [0.4, 0.5) is 5.69 Å². The molecule has 1 saturated carbocycles. The van der Waals surface area contributed by atoms with E-state index in [1.165, 1.54) is 29.7 Å². The molecule has 0 atom stereocenters. The topological polar surface area (TPSA) is 44.4 Å². The predicted molar refractivity (Wildman–Crippen MR) is 80.9 cm³/mol. The van der Waals surface area contributed by atoms with E-state index in [1.54, 1.807) is 0 Å². The fourth-order valence-electron chi connectivity index (χ4n) is 2.64. The quantitative estimate of drug-likeness (QED) is 0.875. The van der Waals surface area contributed by atoms with Gasteiger partial charge in [-0.05, 0) is 43.0 Å². The van der Waals surface area contributed by atoms with Crippen molar-refractivity contribution in [3.63, 3.8) is 0 Å². The van der Waals surface area contributed by atoms with Gasteiger partial charge in [-0.25, -0.2) is 0 Å². The summed E-state index contributed by atoms with van der Waals surface area (Å²) in [7, 11) is 0. The van der Waals surface area contributed by atoms with Crippen molar-refractivity contribution in [2.75, 3.05) is 24.5 Å². The highest BCUT2D eigenvalue weighted by atomic mass is 16.1. The number of rotatable bonds is 4. The van der Waals surface area contributed by atoms with Crippen LogP contribution in [0.25, 0.3) is 0 Å². The molecule has 0 bridgehead atoms. The fraction of sp³-hybridized carbons (Fsp3) is 0.562. The molecular weight excluding hydrogens is 250 g/mol. The van der Waals surface area contributed by atoms with E-state index in [1.807, 2.05) is 0 Å². The predicted octanol–water partition coefficient (Wildman–Crippen LogP) is 1.57. The van der Waals surface area contributed by atoms with Crippen molar-refractivity contribution in [2.45, 2.75) is 38.8 Å². The Kier molecular flexibility index (Phi) is 3.92. The molecule has 1 heterocycles. The van der Waals surface area contributed by atoms with Crippen LogP contribution >= 0.6 is 0 Å². The zero-order valence-electron chi connectivity index (χ0n) is 12.1. The third-order valence-electron chi connectivity index (χ3n) is 4.16. The molecule has 0 aromatic heterocycles. The minimum Gasteiger partial charge on any atom is -0.369 e. The molecule has 1 saturated heterocycles. The van der Waals surface area contributed by atoms with Gasteiger partial charge >= 0.3 is 0 Å². The summed E-state index contributed by atoms with van der Waals surface area (Å²) in [5.74, 6) is 0.162. The van der Waals surface area contributed by atoms with Gasteiger partial charge in [0.1, 0.15) is 0 Å². The van der Waals surface area contributed by atoms with Crippen LogP contribution in [0, 0.1) is 6.92 Å². The van der Waals surface area contributed by atoms with Crippen LogP contribution in [0.2, 0.25) is 0 Å². The number of hydrogen-bond donors (Lipinski definition) is 2. The Hall–Kier alpha value is -1.55. The Morgan fingerprint density at radius 2 is 2.20 bits per heavy atom. The van der Waals surface area contributed by atoms with Gasteiger partial charge in [0.25, 0.3) is 0 Å². The molecule has 0 unspecified atom stereocenters. The first-order valence-electron chi connectivity index (χ1n) is 7.57. The lowest BCUT2D eigenvalue weighted by Crippen LogP contribution is -2.28. The van der Waals surface area contributed by atoms with E-state index in [9.17, 15) is 4.79 Å². The van der Waals surface area contributed by atoms with Crippen molar-refractivity contribution in [1.82, 2.24) is 10.6 Å². The van der Waals surface area contributed by atoms with Crippen molar-refractivity contribution >= 4 is 11.6 Å². The summed E-state index contributed by atoms with van der Waals surface area (Å²) in [5, 5.41) is 6.48. The number of amides is 1. The molecule has 1 aliphatic carbocycles. The maximum atomic E-state index is 11.4. The number of carbonyl (C=O) groups is 1. The average Bonchev–Trinajstić information content (AvgIpc) is 3.25. The molecule has 4 heteroatoms. The Morgan fingerprint density at radius 3 is 2.95 bits per heavy atom. The second kappa shape index (κ2) is 5.83. The lowest BCUT2D eigenvalue weighted by Gasteiger charge is -2.23. The van der Waals surface area contributed by atoms with Crippen molar-refractivity contribution in [1.29, 1.82) is 0 Å². The maximum Gasteiger partial charge on any atom is 0.221 e. The molecule has 2 fully saturated rings. The van der Waals surface area contributed by atoms with Crippen LogP contribution in [0.15, 0.2) is 18.2 Å². The smallest absolute Gasteiger partial charge is 0.221 e. The molecule has 4 nitrogen and oxygen atoms in total. The van der Waals surface area contributed by atoms with Crippen LogP contribution in [0.1, 0.15) is 30.4 Å². The van der Waals surface area contributed by atoms with Gasteiger partial charge in [0.05, 0.1) is 0 Å². The van der Waals surface area contributed by atoms with Gasteiger partial charge < -0.3 is 15.5 Å². The average molecular weight is 273 g/mol. The standard InChI is InChI=1S/C16H23N3O/c1-12-10-15(19-8-6-16(20)17-7-9-19)5-2-13(12)11-18-14-3-4-14/h2,5,10,14,18H,3-4,6-9,11H2,1H3,(H,17,20). The number of benzene rings is 1. The molecular formula is C16H23N3O. The summed E-state index contributed by atoms with van der Waals surface area (Å²) in [6.07, 6.45) is 3.24. The first-order valence-corrected chi connectivity index (χ1v) is 7.57. The van der Waals surface area contributed by atoms with E-state index in [2.05, 4.69) is 40.7 Å². The van der Waals surface area contributed by atoms with Gasteiger partial charge in [-0.3, -0.25) is 4.79 Å². The fourth-order valence-corrected chi connectivity index (χ4v) is 2.64. The van der Waals surface area contributed by atoms with E-state index in [-0.39, 0.29) is 5.91 Å². The normalized spacial score (nSPS) is 19.6. The van der Waals surface area contributed by atoms with Gasteiger partial charge in [-0.1, -0.05) is 6.07 Å². The highest BCUT2D eigenvalue weighted by Crippen LogP contribution is 2.22. The van der Waals surface area contributed by atoms with Gasteiger partial charge in [0, 0.05) is 44.3 Å². The SMILES string of the molecule is Cc1cc(N2CCNC(=O)CC2)ccc1CNC1CC1. The second-order valence-corrected chi connectivity index (χ2v) is 5.85. The van der Waals surface area contributed by atoms with E-state index >= 15 is 0 Å². The minimum absolute atomic E-state index is 0.162. The molecule has 1 aromatic carbocycles. The van der Waals surface area contributed by atoms with Crippen molar-refractivity contribution < 1.29 is 4.79 Å². The molecule has 3 rings (SSSR count). The highest BCUT2D eigenvalue weighted by molar-refractivity contribution is 5.77. The number of hydrogen-bond acceptors (Lipinski definition) is 3. The zero-order chi connectivity index (χ0) is 13.9. The third kappa shape index (κ3) is 3.31. The molecule has 20 heavy (non-hydrogen) atoms. The number of nitrogens with zero attached hydrogens (tertiary/aromatic N) is 1. The summed E-state index contributed by atoms with van der Waals surface area (Å²) in [4.78, 5) is 13.7. The first-order chi connectivity index (χ1) is 9.72. The van der Waals surface area contributed by atoms with E-state index in [4.69, 9.17) is 0 Å². The molecule has 1 amide bonds. The van der Waals surface area contributed by atoms with Gasteiger partial charge in [-0.2, -0.15) is 0 Å². The second-order valence-electron chi connectivity index (χ2n) is 5.85. The van der Waals surface area contributed by atoms with Crippen molar-refractivity contribution in [3.05, 3.63) is 29.3 Å². The molecule has 1 aliphatic heterocycles. The van der Waals surface area contributed by atoms with Crippen LogP contribution in [-0.2, 0) is 11.3 Å². The first kappa shape index (κ1) is 13.4. The van der Waals surface area contributed by atoms with E-state index in [0.29, 0.717) is 6.42 Å². The van der Waals surface area contributed by atoms with E-state index < -0.39 is 0 Å². The van der Waals surface area contributed by atoms with Crippen LogP contribution < -0.4 is 15.5 Å². The Labute approximate surface area is 120 Å². The highest BCUT2D eigenvalue weighted by Gasteiger charge is 2.20. The summed E-state index contributed by atoms with van der Waals surface area (Å²) in [6.45, 7) is 5.59. The van der Waals surface area contributed by atoms with Crippen LogP contribution in [-0.4, -0.2) is 31.6 Å². The summed E-state index contributed by atoms with van der Waals surface area (Å²) < 4.78 is 0. The van der Waals surface area contributed by atoms with Crippen LogP contribution in [0.3, 0.4) is 0 Å². The largest absolute Gasteiger partial charge is 0.369 e. The van der Waals surface area contributed by atoms with Gasteiger partial charge in [-0.15, -0.1) is 0 Å². The Morgan fingerprint density at radius 1 is 1.35 bits per heavy atom. The van der Waals surface area contributed by atoms with Crippen molar-refractivity contribution in [2.24, 2.45) is 0 Å². The lowest BCUT2D eigenvalue weighted by atomic mass is 10.1. The van der Waals surface area contributed by atoms with Crippen molar-refractivity contribution in [3.8, 4) is 0 Å². The molecule has 2 N–H and O–H groups in total. The maximum absolute atomic E-state index is 11.4. The third-order valence-corrected chi connectivity index (χ3v) is 4.16. The van der Waals surface area contributed by atoms with E-state index in [0.717, 1.165) is 32.2 Å².